The third-order valence-corrected chi connectivity index (χ3v) is 8.51. The maximum absolute atomic E-state index is 14.4. The molecule has 0 aliphatic carbocycles. The van der Waals surface area contributed by atoms with Crippen molar-refractivity contribution in [2.75, 3.05) is 13.7 Å². The summed E-state index contributed by atoms with van der Waals surface area (Å²) in [5.74, 6) is -6.17. The predicted octanol–water partition coefficient (Wildman–Crippen LogP) is 2.22. The molecule has 1 saturated heterocycles. The number of carbonyl (C=O) groups excluding carboxylic acids is 6. The van der Waals surface area contributed by atoms with Gasteiger partial charge in [0.05, 0.1) is 26.0 Å². The largest absolute Gasteiger partial charge is 0.463 e. The number of ketones is 1. The molecule has 4 amide bonds. The van der Waals surface area contributed by atoms with Gasteiger partial charge in [-0.15, -0.1) is 0 Å². The van der Waals surface area contributed by atoms with Crippen molar-refractivity contribution in [3.8, 4) is 0 Å². The lowest BCUT2D eigenvalue weighted by molar-refractivity contribution is -0.153. The number of nitrogens with one attached hydrogen (secondary N) is 3. The van der Waals surface area contributed by atoms with Crippen LogP contribution >= 0.6 is 0 Å². The van der Waals surface area contributed by atoms with Crippen molar-refractivity contribution in [1.82, 2.24) is 30.8 Å². The molecule has 278 valence electrons. The number of hydrogen-bond donors (Lipinski definition) is 3. The summed E-state index contributed by atoms with van der Waals surface area (Å²) in [5.41, 5.74) is 0.824. The number of rotatable bonds is 18. The average molecular weight is 717 g/mol. The highest BCUT2D eigenvalue weighted by molar-refractivity contribution is 6.36. The zero-order chi connectivity index (χ0) is 37.7. The number of benzene rings is 1. The molecule has 1 fully saturated rings. The molecule has 51 heavy (non-hydrogen) atoms. The zero-order valence-corrected chi connectivity index (χ0v) is 29.3. The molecule has 6 atom stereocenters. The Morgan fingerprint density at radius 2 is 1.67 bits per heavy atom. The summed E-state index contributed by atoms with van der Waals surface area (Å²) in [6, 6.07) is 3.69. The fourth-order valence-electron chi connectivity index (χ4n) is 5.59. The Balaban J connectivity index is 1.90. The van der Waals surface area contributed by atoms with Gasteiger partial charge in [-0.3, -0.25) is 29.0 Å². The topological polar surface area (TPSA) is 186 Å². The highest BCUT2D eigenvalue weighted by Crippen LogP contribution is 2.25. The first kappa shape index (κ1) is 40.6. The van der Waals surface area contributed by atoms with E-state index in [1.807, 2.05) is 51.1 Å². The van der Waals surface area contributed by atoms with Crippen molar-refractivity contribution in [2.45, 2.75) is 96.7 Å². The van der Waals surface area contributed by atoms with Gasteiger partial charge in [-0.2, -0.15) is 0 Å². The second kappa shape index (κ2) is 19.5. The van der Waals surface area contributed by atoms with E-state index >= 15 is 0 Å². The number of Topliss-reactive ketones (excluding diaryl/α,β-unsaturated/α-hetero) is 1. The molecule has 1 aromatic heterocycles. The Kier molecular flexibility index (Phi) is 15.5. The third-order valence-electron chi connectivity index (χ3n) is 8.51. The lowest BCUT2D eigenvalue weighted by Gasteiger charge is -2.33. The van der Waals surface area contributed by atoms with Crippen LogP contribution < -0.4 is 16.0 Å². The van der Waals surface area contributed by atoms with E-state index in [-0.39, 0.29) is 37.6 Å². The smallest absolute Gasteiger partial charge is 0.376 e. The zero-order valence-electron chi connectivity index (χ0n) is 29.3. The molecule has 3 N–H and O–H groups in total. The molecule has 0 spiro atoms. The molecule has 1 unspecified atom stereocenters. The molecule has 1 aromatic carbocycles. The number of carbonyl (C=O) groups is 6. The number of alkyl halides is 2. The normalized spacial score (nSPS) is 18.0. The minimum Gasteiger partial charge on any atom is -0.463 e. The second-order valence-electron chi connectivity index (χ2n) is 12.8. The summed E-state index contributed by atoms with van der Waals surface area (Å²) >= 11 is 0. The van der Waals surface area contributed by atoms with Crippen molar-refractivity contribution in [2.24, 2.45) is 11.8 Å². The Hall–Kier alpha value is -4.86. The van der Waals surface area contributed by atoms with Gasteiger partial charge in [0.2, 0.25) is 24.1 Å². The van der Waals surface area contributed by atoms with Gasteiger partial charge < -0.3 is 30.3 Å². The fourth-order valence-corrected chi connectivity index (χ4v) is 5.59. The molecule has 2 heterocycles. The summed E-state index contributed by atoms with van der Waals surface area (Å²) < 4.78 is 37.3. The number of halogens is 2. The van der Waals surface area contributed by atoms with Gasteiger partial charge in [-0.25, -0.2) is 18.6 Å². The highest BCUT2D eigenvalue weighted by Gasteiger charge is 2.45. The second-order valence-corrected chi connectivity index (χ2v) is 12.8. The number of nitrogens with zero attached hydrogens (tertiary/aromatic N) is 3. The van der Waals surface area contributed by atoms with E-state index in [9.17, 15) is 37.5 Å². The Bertz CT molecular complexity index is 1500. The summed E-state index contributed by atoms with van der Waals surface area (Å²) in [4.78, 5) is 88.3. The maximum Gasteiger partial charge on any atom is 0.376 e. The molecule has 0 bridgehead atoms. The summed E-state index contributed by atoms with van der Waals surface area (Å²) in [5, 5.41) is 7.67. The highest BCUT2D eigenvalue weighted by atomic mass is 19.3. The number of esters is 1. The SMILES string of the molecule is CCC(C)[C@H](NC(=O)[C@H](CC(C)C)NC(=O)c1cnccn1)C(=O)N1C[C@H](OCc2ccccc2)C[C@H]1C(=O)N[C@@H](CC(F)F)C(=O)C(=O)OC. The number of ether oxygens (including phenoxy) is 2. The van der Waals surface area contributed by atoms with Gasteiger partial charge in [0.25, 0.3) is 11.7 Å². The number of hydrogen-bond acceptors (Lipinski definition) is 10. The number of methoxy groups -OCH3 is 1. The fraction of sp³-hybridized carbons (Fsp3) is 0.543. The van der Waals surface area contributed by atoms with Gasteiger partial charge in [0, 0.05) is 31.8 Å². The van der Waals surface area contributed by atoms with Crippen LogP contribution in [0.1, 0.15) is 69.4 Å². The van der Waals surface area contributed by atoms with Gasteiger partial charge in [0.15, 0.2) is 0 Å². The van der Waals surface area contributed by atoms with Crippen molar-refractivity contribution in [3.05, 3.63) is 60.2 Å². The lowest BCUT2D eigenvalue weighted by atomic mass is 9.96. The van der Waals surface area contributed by atoms with Crippen molar-refractivity contribution >= 4 is 35.4 Å². The van der Waals surface area contributed by atoms with Crippen LogP contribution in [0.3, 0.4) is 0 Å². The molecule has 0 radical (unpaired) electrons. The Morgan fingerprint density at radius 1 is 0.961 bits per heavy atom. The average Bonchev–Trinajstić information content (AvgIpc) is 3.56. The third kappa shape index (κ3) is 11.9. The van der Waals surface area contributed by atoms with Crippen LogP contribution in [0.25, 0.3) is 0 Å². The van der Waals surface area contributed by atoms with E-state index in [0.29, 0.717) is 6.42 Å². The number of amides is 4. The summed E-state index contributed by atoms with van der Waals surface area (Å²) in [7, 11) is 0.907. The summed E-state index contributed by atoms with van der Waals surface area (Å²) in [6.45, 7) is 7.32. The molecule has 16 heteroatoms. The van der Waals surface area contributed by atoms with Gasteiger partial charge in [-0.1, -0.05) is 64.4 Å². The minimum absolute atomic E-state index is 0.00287. The van der Waals surface area contributed by atoms with Gasteiger partial charge in [-0.05, 0) is 23.8 Å². The van der Waals surface area contributed by atoms with Crippen molar-refractivity contribution < 1.29 is 47.0 Å². The van der Waals surface area contributed by atoms with Crippen molar-refractivity contribution in [1.29, 1.82) is 0 Å². The Morgan fingerprint density at radius 3 is 2.25 bits per heavy atom. The van der Waals surface area contributed by atoms with E-state index in [4.69, 9.17) is 4.74 Å². The van der Waals surface area contributed by atoms with Gasteiger partial charge >= 0.3 is 5.97 Å². The lowest BCUT2D eigenvalue weighted by Crippen LogP contribution is -2.59. The first-order valence-corrected chi connectivity index (χ1v) is 16.8. The van der Waals surface area contributed by atoms with E-state index < -0.39 is 84.4 Å². The van der Waals surface area contributed by atoms with Crippen LogP contribution in [0.4, 0.5) is 8.78 Å². The monoisotopic (exact) mass is 716 g/mol. The minimum atomic E-state index is -3.05. The first-order valence-electron chi connectivity index (χ1n) is 16.8. The standard InChI is InChI=1S/C35H46F2N6O8/c1-6-21(4)29(42-31(45)25(14-20(2)3)41-32(46)26-17-38-12-13-39-26)34(48)43-18-23(51-19-22-10-8-7-9-11-22)15-27(43)33(47)40-24(16-28(36)37)30(44)35(49)50-5/h7-13,17,20-21,23-25,27-29H,6,14-16,18-19H2,1-5H3,(H,40,47)(H,41,46)(H,42,45)/t21?,23-,24+,25+,27+,29+/m1/s1. The van der Waals surface area contributed by atoms with Gasteiger partial charge in [0.1, 0.15) is 29.9 Å². The molecule has 2 aromatic rings. The van der Waals surface area contributed by atoms with Crippen LogP contribution in [0.15, 0.2) is 48.9 Å². The Labute approximate surface area is 295 Å². The van der Waals surface area contributed by atoms with Crippen LogP contribution in [0.5, 0.6) is 0 Å². The quantitative estimate of drug-likeness (QED) is 0.153. The summed E-state index contributed by atoms with van der Waals surface area (Å²) in [6.07, 6.45) is -0.316. The van der Waals surface area contributed by atoms with Crippen LogP contribution in [0.2, 0.25) is 0 Å². The molecule has 3 rings (SSSR count). The molecule has 14 nitrogen and oxygen atoms in total. The van der Waals surface area contributed by atoms with E-state index in [1.165, 1.54) is 23.5 Å². The van der Waals surface area contributed by atoms with Crippen LogP contribution in [-0.4, -0.2) is 101 Å². The molecule has 1 aliphatic rings. The molecule has 0 saturated carbocycles. The first-order chi connectivity index (χ1) is 24.2. The molecular formula is C35H46F2N6O8. The van der Waals surface area contributed by atoms with Crippen molar-refractivity contribution in [3.63, 3.8) is 0 Å². The maximum atomic E-state index is 14.4. The molecular weight excluding hydrogens is 670 g/mol. The van der Waals surface area contributed by atoms with E-state index in [0.717, 1.165) is 12.7 Å². The van der Waals surface area contributed by atoms with E-state index in [2.05, 4.69) is 30.7 Å². The predicted molar refractivity (Wildman–Crippen MR) is 179 cm³/mol. The van der Waals surface area contributed by atoms with Crippen LogP contribution in [0, 0.1) is 11.8 Å². The number of aromatic nitrogens is 2. The van der Waals surface area contributed by atoms with Crippen LogP contribution in [-0.2, 0) is 40.1 Å². The number of likely N-dealkylation sites (tertiary alicyclic amines) is 1. The molecule has 1 aliphatic heterocycles. The van der Waals surface area contributed by atoms with E-state index in [1.54, 1.807) is 6.92 Å².